The summed E-state index contributed by atoms with van der Waals surface area (Å²) in [4.78, 5) is 13.5. The first kappa shape index (κ1) is 16.0. The van der Waals surface area contributed by atoms with E-state index in [0.717, 1.165) is 25.1 Å². The Morgan fingerprint density at radius 2 is 1.82 bits per heavy atom. The van der Waals surface area contributed by atoms with Gasteiger partial charge in [-0.25, -0.2) is 9.97 Å². The van der Waals surface area contributed by atoms with E-state index in [1.807, 2.05) is 0 Å². The third-order valence-corrected chi connectivity index (χ3v) is 5.08. The largest absolute Gasteiger partial charge is 0.381 e. The number of nitrogens with zero attached hydrogens (tertiary/aromatic N) is 4. The van der Waals surface area contributed by atoms with E-state index in [9.17, 15) is 0 Å². The van der Waals surface area contributed by atoms with E-state index in [2.05, 4.69) is 26.8 Å². The van der Waals surface area contributed by atoms with Crippen LogP contribution in [0.3, 0.4) is 0 Å². The van der Waals surface area contributed by atoms with E-state index in [1.165, 1.54) is 45.3 Å². The van der Waals surface area contributed by atoms with Gasteiger partial charge in [0.2, 0.25) is 5.95 Å². The van der Waals surface area contributed by atoms with Crippen molar-refractivity contribution in [2.45, 2.75) is 31.7 Å². The molecule has 0 aromatic carbocycles. The van der Waals surface area contributed by atoms with Crippen LogP contribution in [0.2, 0.25) is 5.02 Å². The molecule has 0 N–H and O–H groups in total. The van der Waals surface area contributed by atoms with Crippen LogP contribution in [0.15, 0.2) is 12.4 Å². The van der Waals surface area contributed by atoms with Crippen LogP contribution in [-0.2, 0) is 4.74 Å². The lowest BCUT2D eigenvalue weighted by Crippen LogP contribution is -2.45. The monoisotopic (exact) mass is 324 g/mol. The Hall–Kier alpha value is -0.910. The van der Waals surface area contributed by atoms with Gasteiger partial charge in [-0.2, -0.15) is 0 Å². The number of ether oxygens (including phenoxy) is 1. The third-order valence-electron chi connectivity index (χ3n) is 4.88. The molecule has 0 bridgehead atoms. The van der Waals surface area contributed by atoms with E-state index in [0.29, 0.717) is 11.1 Å². The molecule has 122 valence electrons. The normalized spacial score (nSPS) is 21.9. The Morgan fingerprint density at radius 3 is 2.45 bits per heavy atom. The molecule has 0 radical (unpaired) electrons. The maximum Gasteiger partial charge on any atom is 0.225 e. The van der Waals surface area contributed by atoms with Gasteiger partial charge < -0.3 is 14.5 Å². The fourth-order valence-electron chi connectivity index (χ4n) is 3.43. The summed E-state index contributed by atoms with van der Waals surface area (Å²) in [6, 6.07) is 0.520. The second kappa shape index (κ2) is 7.57. The molecule has 0 saturated carbocycles. The molecule has 2 fully saturated rings. The molecule has 2 aliphatic rings. The molecule has 0 aliphatic carbocycles. The molecule has 0 unspecified atom stereocenters. The van der Waals surface area contributed by atoms with Gasteiger partial charge in [-0.3, -0.25) is 0 Å². The van der Waals surface area contributed by atoms with E-state index in [1.54, 1.807) is 12.4 Å². The van der Waals surface area contributed by atoms with Gasteiger partial charge in [-0.15, -0.1) is 0 Å². The van der Waals surface area contributed by atoms with Crippen molar-refractivity contribution in [2.75, 3.05) is 44.8 Å². The minimum atomic E-state index is 0.520. The average molecular weight is 325 g/mol. The number of piperidine rings is 1. The van der Waals surface area contributed by atoms with Crippen LogP contribution in [-0.4, -0.2) is 60.8 Å². The lowest BCUT2D eigenvalue weighted by atomic mass is 9.97. The summed E-state index contributed by atoms with van der Waals surface area (Å²) in [5.41, 5.74) is 0. The van der Waals surface area contributed by atoms with E-state index in [-0.39, 0.29) is 0 Å². The Balaban J connectivity index is 1.47. The topological polar surface area (TPSA) is 41.5 Å². The highest BCUT2D eigenvalue weighted by atomic mass is 35.5. The Bertz CT molecular complexity index is 456. The molecule has 2 saturated heterocycles. The average Bonchev–Trinajstić information content (AvgIpc) is 2.57. The molecule has 0 spiro atoms. The maximum atomic E-state index is 5.85. The molecule has 3 rings (SSSR count). The highest BCUT2D eigenvalue weighted by Crippen LogP contribution is 2.22. The van der Waals surface area contributed by atoms with Crippen LogP contribution < -0.4 is 4.90 Å². The van der Waals surface area contributed by atoms with Gasteiger partial charge in [-0.05, 0) is 31.6 Å². The van der Waals surface area contributed by atoms with E-state index in [4.69, 9.17) is 16.3 Å². The molecule has 22 heavy (non-hydrogen) atoms. The summed E-state index contributed by atoms with van der Waals surface area (Å²) in [6.45, 7) is 5.45. The molecular weight excluding hydrogens is 300 g/mol. The summed E-state index contributed by atoms with van der Waals surface area (Å²) in [7, 11) is 2.09. The quantitative estimate of drug-likeness (QED) is 0.851. The maximum absolute atomic E-state index is 5.85. The van der Waals surface area contributed by atoms with Gasteiger partial charge in [0.05, 0.1) is 17.4 Å². The van der Waals surface area contributed by atoms with Crippen LogP contribution in [0.5, 0.6) is 0 Å². The molecule has 0 atom stereocenters. The van der Waals surface area contributed by atoms with Crippen LogP contribution in [0, 0.1) is 5.92 Å². The van der Waals surface area contributed by atoms with Crippen molar-refractivity contribution in [3.63, 3.8) is 0 Å². The van der Waals surface area contributed by atoms with Gasteiger partial charge in [-0.1, -0.05) is 11.6 Å². The molecular formula is C16H25ClN4O. The lowest BCUT2D eigenvalue weighted by molar-refractivity contribution is 0.0488. The molecule has 1 aromatic heterocycles. The number of hydrogen-bond acceptors (Lipinski definition) is 5. The van der Waals surface area contributed by atoms with E-state index < -0.39 is 0 Å². The number of anilines is 1. The first-order valence-corrected chi connectivity index (χ1v) is 8.60. The van der Waals surface area contributed by atoms with Crippen molar-refractivity contribution in [1.82, 2.24) is 14.9 Å². The molecule has 1 aromatic rings. The molecule has 2 aliphatic heterocycles. The lowest BCUT2D eigenvalue weighted by Gasteiger charge is -2.38. The smallest absolute Gasteiger partial charge is 0.225 e. The summed E-state index contributed by atoms with van der Waals surface area (Å²) >= 11 is 5.85. The van der Waals surface area contributed by atoms with Crippen molar-refractivity contribution in [3.8, 4) is 0 Å². The van der Waals surface area contributed by atoms with Crippen LogP contribution in [0.1, 0.15) is 25.7 Å². The molecule has 6 heteroatoms. The van der Waals surface area contributed by atoms with Crippen molar-refractivity contribution < 1.29 is 4.74 Å². The van der Waals surface area contributed by atoms with Gasteiger partial charge in [0, 0.05) is 45.9 Å². The van der Waals surface area contributed by atoms with Crippen molar-refractivity contribution in [1.29, 1.82) is 0 Å². The van der Waals surface area contributed by atoms with Crippen LogP contribution in [0.25, 0.3) is 0 Å². The second-order valence-corrected chi connectivity index (χ2v) is 6.84. The number of likely N-dealkylation sites (tertiary alicyclic amines) is 1. The van der Waals surface area contributed by atoms with Crippen molar-refractivity contribution >= 4 is 17.5 Å². The summed E-state index contributed by atoms with van der Waals surface area (Å²) in [5, 5.41) is 0.587. The zero-order chi connectivity index (χ0) is 15.4. The zero-order valence-corrected chi connectivity index (χ0v) is 14.0. The molecule has 0 amide bonds. The van der Waals surface area contributed by atoms with Crippen LogP contribution >= 0.6 is 11.6 Å². The van der Waals surface area contributed by atoms with Gasteiger partial charge >= 0.3 is 0 Å². The fraction of sp³-hybridized carbons (Fsp3) is 0.750. The van der Waals surface area contributed by atoms with Gasteiger partial charge in [0.1, 0.15) is 0 Å². The highest BCUT2D eigenvalue weighted by Gasteiger charge is 2.26. The van der Waals surface area contributed by atoms with Crippen LogP contribution in [0.4, 0.5) is 5.95 Å². The zero-order valence-electron chi connectivity index (χ0n) is 13.2. The van der Waals surface area contributed by atoms with E-state index >= 15 is 0 Å². The predicted octanol–water partition coefficient (Wildman–Crippen LogP) is 2.46. The standard InChI is InChI=1S/C16H25ClN4O/c1-20(16-18-10-14(17)11-19-16)15-2-6-21(7-3-15)12-13-4-8-22-9-5-13/h10-11,13,15H,2-9,12H2,1H3. The first-order chi connectivity index (χ1) is 10.7. The first-order valence-electron chi connectivity index (χ1n) is 8.23. The predicted molar refractivity (Wildman–Crippen MR) is 88.5 cm³/mol. The van der Waals surface area contributed by atoms with Gasteiger partial charge in [0.25, 0.3) is 0 Å². The Kier molecular flexibility index (Phi) is 5.50. The Morgan fingerprint density at radius 1 is 1.18 bits per heavy atom. The van der Waals surface area contributed by atoms with Gasteiger partial charge in [0.15, 0.2) is 0 Å². The second-order valence-electron chi connectivity index (χ2n) is 6.40. The Labute approximate surface area is 137 Å². The SMILES string of the molecule is CN(c1ncc(Cl)cn1)C1CCN(CC2CCOCC2)CC1. The molecule has 3 heterocycles. The molecule has 5 nitrogen and oxygen atoms in total. The number of rotatable bonds is 4. The minimum absolute atomic E-state index is 0.520. The van der Waals surface area contributed by atoms with Crippen molar-refractivity contribution in [3.05, 3.63) is 17.4 Å². The summed E-state index contributed by atoms with van der Waals surface area (Å²) < 4.78 is 5.45. The number of halogens is 1. The minimum Gasteiger partial charge on any atom is -0.381 e. The van der Waals surface area contributed by atoms with Crippen molar-refractivity contribution in [2.24, 2.45) is 5.92 Å². The number of aromatic nitrogens is 2. The summed E-state index contributed by atoms with van der Waals surface area (Å²) in [5.74, 6) is 1.59. The number of hydrogen-bond donors (Lipinski definition) is 0. The third kappa shape index (κ3) is 4.09. The summed E-state index contributed by atoms with van der Waals surface area (Å²) in [6.07, 6.45) is 8.12. The highest BCUT2D eigenvalue weighted by molar-refractivity contribution is 6.30. The fourth-order valence-corrected chi connectivity index (χ4v) is 3.53.